The van der Waals surface area contributed by atoms with Crippen LogP contribution in [0.4, 0.5) is 17.1 Å². The monoisotopic (exact) mass is 489 g/mol. The predicted molar refractivity (Wildman–Crippen MR) is 142 cm³/mol. The molecule has 1 amide bonds. The summed E-state index contributed by atoms with van der Waals surface area (Å²) < 4.78 is 0. The summed E-state index contributed by atoms with van der Waals surface area (Å²) in [5, 5.41) is 11.2. The summed E-state index contributed by atoms with van der Waals surface area (Å²) in [5.41, 5.74) is 3.54. The van der Waals surface area contributed by atoms with Gasteiger partial charge in [0.2, 0.25) is 10.9 Å². The van der Waals surface area contributed by atoms with Gasteiger partial charge in [0.1, 0.15) is 4.88 Å². The Kier molecular flexibility index (Phi) is 7.38. The zero-order valence-electron chi connectivity index (χ0n) is 19.8. The molecule has 0 saturated heterocycles. The predicted octanol–water partition coefficient (Wildman–Crippen LogP) is 3.55. The molecule has 35 heavy (non-hydrogen) atoms. The van der Waals surface area contributed by atoms with Gasteiger partial charge in [0.25, 0.3) is 5.91 Å². The highest BCUT2D eigenvalue weighted by molar-refractivity contribution is 7.12. The van der Waals surface area contributed by atoms with Crippen LogP contribution in [-0.2, 0) is 6.54 Å². The molecule has 0 spiro atoms. The molecule has 8 nitrogen and oxygen atoms in total. The molecule has 180 valence electrons. The second-order valence-electron chi connectivity index (χ2n) is 8.49. The highest BCUT2D eigenvalue weighted by Crippen LogP contribution is 2.30. The third-order valence-electron chi connectivity index (χ3n) is 5.64. The molecule has 0 bridgehead atoms. The number of nitrogens with zero attached hydrogens (tertiary/aromatic N) is 2. The maximum atomic E-state index is 13.0. The first kappa shape index (κ1) is 24.3. The molecule has 9 heteroatoms. The number of aryl methyl sites for hydroxylation is 1. The summed E-state index contributed by atoms with van der Waals surface area (Å²) >= 11 is 1.34. The van der Waals surface area contributed by atoms with Crippen LogP contribution in [0.2, 0.25) is 0 Å². The van der Waals surface area contributed by atoms with E-state index in [1.54, 1.807) is 24.5 Å². The summed E-state index contributed by atoms with van der Waals surface area (Å²) in [7, 11) is 3.88. The lowest BCUT2D eigenvalue weighted by Crippen LogP contribution is -2.37. The summed E-state index contributed by atoms with van der Waals surface area (Å²) in [6, 6.07) is 11.1. The maximum Gasteiger partial charge on any atom is 0.267 e. The van der Waals surface area contributed by atoms with E-state index < -0.39 is 10.9 Å². The second kappa shape index (κ2) is 10.6. The van der Waals surface area contributed by atoms with Gasteiger partial charge in [0.05, 0.1) is 16.9 Å². The topological polar surface area (TPSA) is 103 Å². The average molecular weight is 490 g/mol. The Morgan fingerprint density at radius 1 is 1.03 bits per heavy atom. The molecule has 2 aromatic carbocycles. The minimum Gasteiger partial charge on any atom is -0.380 e. The standard InChI is InChI=1S/C26H27N5O3S/c1-16-4-5-18(14-19(16)21-22(24(33)23(21)32)28-11-12-31(2)3)30-26(34)25-20(8-13-35-25)29-15-17-6-9-27-10-7-17/h4-10,13-14,28-29H,11-12,15H2,1-3H3,(H,30,34). The highest BCUT2D eigenvalue weighted by Gasteiger charge is 2.24. The molecule has 0 unspecified atom stereocenters. The van der Waals surface area contributed by atoms with Crippen molar-refractivity contribution >= 4 is 34.3 Å². The van der Waals surface area contributed by atoms with Gasteiger partial charge in [-0.15, -0.1) is 11.3 Å². The Morgan fingerprint density at radius 2 is 1.80 bits per heavy atom. The van der Waals surface area contributed by atoms with Crippen molar-refractivity contribution in [1.82, 2.24) is 9.88 Å². The first-order valence-corrected chi connectivity index (χ1v) is 12.1. The van der Waals surface area contributed by atoms with E-state index in [4.69, 9.17) is 0 Å². The Balaban J connectivity index is 1.51. The number of nitrogens with one attached hydrogen (secondary N) is 3. The number of thiophene rings is 1. The minimum absolute atomic E-state index is 0.249. The van der Waals surface area contributed by atoms with Crippen LogP contribution in [0.3, 0.4) is 0 Å². The Labute approximate surface area is 207 Å². The van der Waals surface area contributed by atoms with E-state index in [0.717, 1.165) is 23.4 Å². The Bertz CT molecular complexity index is 1400. The molecule has 0 radical (unpaired) electrons. The third-order valence-corrected chi connectivity index (χ3v) is 6.55. The number of benzene rings is 1. The molecule has 0 aliphatic carbocycles. The van der Waals surface area contributed by atoms with Crippen molar-refractivity contribution in [2.75, 3.05) is 43.1 Å². The van der Waals surface area contributed by atoms with Crippen molar-refractivity contribution in [3.8, 4) is 11.1 Å². The van der Waals surface area contributed by atoms with E-state index in [1.807, 2.05) is 55.6 Å². The third kappa shape index (κ3) is 5.47. The van der Waals surface area contributed by atoms with Crippen LogP contribution in [0.5, 0.6) is 0 Å². The van der Waals surface area contributed by atoms with Crippen LogP contribution in [0.25, 0.3) is 11.1 Å². The van der Waals surface area contributed by atoms with E-state index in [2.05, 4.69) is 20.9 Å². The van der Waals surface area contributed by atoms with Gasteiger partial charge < -0.3 is 20.9 Å². The number of likely N-dealkylation sites (N-methyl/N-ethyl adjacent to an activating group) is 1. The smallest absolute Gasteiger partial charge is 0.267 e. The van der Waals surface area contributed by atoms with Crippen LogP contribution in [-0.4, -0.2) is 43.0 Å². The highest BCUT2D eigenvalue weighted by atomic mass is 32.1. The van der Waals surface area contributed by atoms with Crippen LogP contribution in [0.1, 0.15) is 20.8 Å². The molecule has 2 heterocycles. The van der Waals surface area contributed by atoms with Crippen molar-refractivity contribution in [2.45, 2.75) is 13.5 Å². The summed E-state index contributed by atoms with van der Waals surface area (Å²) in [6.45, 7) is 3.73. The number of aromatic nitrogens is 1. The van der Waals surface area contributed by atoms with Gasteiger partial charge in [-0.3, -0.25) is 19.4 Å². The van der Waals surface area contributed by atoms with E-state index in [1.165, 1.54) is 11.3 Å². The molecule has 0 aliphatic rings. The number of anilines is 3. The molecule has 0 saturated carbocycles. The summed E-state index contributed by atoms with van der Waals surface area (Å²) in [6.07, 6.45) is 3.46. The number of hydrogen-bond donors (Lipinski definition) is 3. The first-order valence-electron chi connectivity index (χ1n) is 11.2. The SMILES string of the molecule is Cc1ccc(NC(=O)c2sccc2NCc2ccncc2)cc1-c1c(NCCN(C)C)c(=O)c1=O. The molecule has 0 fully saturated rings. The summed E-state index contributed by atoms with van der Waals surface area (Å²) in [4.78, 5) is 44.2. The zero-order chi connectivity index (χ0) is 24.9. The van der Waals surface area contributed by atoms with E-state index >= 15 is 0 Å². The van der Waals surface area contributed by atoms with E-state index in [-0.39, 0.29) is 5.91 Å². The fourth-order valence-corrected chi connectivity index (χ4v) is 4.47. The van der Waals surface area contributed by atoms with Gasteiger partial charge in [-0.2, -0.15) is 0 Å². The van der Waals surface area contributed by atoms with Crippen molar-refractivity contribution in [3.63, 3.8) is 0 Å². The molecule has 4 aromatic rings. The number of carbonyl (C=O) groups excluding carboxylic acids is 1. The molecule has 0 atom stereocenters. The van der Waals surface area contributed by atoms with Crippen LogP contribution >= 0.6 is 11.3 Å². The number of carbonyl (C=O) groups is 1. The number of rotatable bonds is 10. The normalized spacial score (nSPS) is 11.1. The van der Waals surface area contributed by atoms with Gasteiger partial charge in [-0.25, -0.2) is 0 Å². The second-order valence-corrected chi connectivity index (χ2v) is 9.41. The van der Waals surface area contributed by atoms with E-state index in [9.17, 15) is 14.4 Å². The van der Waals surface area contributed by atoms with Crippen LogP contribution < -0.4 is 26.8 Å². The first-order chi connectivity index (χ1) is 16.8. The van der Waals surface area contributed by atoms with E-state index in [0.29, 0.717) is 40.5 Å². The molecular weight excluding hydrogens is 462 g/mol. The van der Waals surface area contributed by atoms with Crippen molar-refractivity contribution in [3.05, 3.63) is 90.6 Å². The Morgan fingerprint density at radius 3 is 2.54 bits per heavy atom. The van der Waals surface area contributed by atoms with Crippen molar-refractivity contribution in [1.29, 1.82) is 0 Å². The Hall–Kier alpha value is -3.82. The fourth-order valence-electron chi connectivity index (χ4n) is 3.70. The quantitative estimate of drug-likeness (QED) is 0.293. The molecule has 0 aliphatic heterocycles. The zero-order valence-corrected chi connectivity index (χ0v) is 20.7. The van der Waals surface area contributed by atoms with Gasteiger partial charge in [0, 0.05) is 37.7 Å². The van der Waals surface area contributed by atoms with Crippen LogP contribution in [0.15, 0.2) is 63.8 Å². The van der Waals surface area contributed by atoms with Gasteiger partial charge in [0.15, 0.2) is 0 Å². The lowest BCUT2D eigenvalue weighted by atomic mass is 9.94. The number of hydrogen-bond acceptors (Lipinski definition) is 8. The van der Waals surface area contributed by atoms with Crippen molar-refractivity contribution < 1.29 is 4.79 Å². The lowest BCUT2D eigenvalue weighted by molar-refractivity contribution is 0.103. The van der Waals surface area contributed by atoms with Gasteiger partial charge in [-0.05, 0) is 73.4 Å². The molecule has 2 aromatic heterocycles. The molecular formula is C26H27N5O3S. The lowest BCUT2D eigenvalue weighted by Gasteiger charge is -2.17. The molecule has 3 N–H and O–H groups in total. The minimum atomic E-state index is -0.509. The van der Waals surface area contributed by atoms with Crippen LogP contribution in [0, 0.1) is 6.92 Å². The van der Waals surface area contributed by atoms with Gasteiger partial charge >= 0.3 is 0 Å². The fraction of sp³-hybridized carbons (Fsp3) is 0.231. The largest absolute Gasteiger partial charge is 0.380 e. The average Bonchev–Trinajstić information content (AvgIpc) is 3.33. The number of pyridine rings is 1. The summed E-state index contributed by atoms with van der Waals surface area (Å²) in [5.74, 6) is -0.249. The number of amides is 1. The van der Waals surface area contributed by atoms with Crippen molar-refractivity contribution in [2.24, 2.45) is 0 Å². The molecule has 4 rings (SSSR count). The van der Waals surface area contributed by atoms with Gasteiger partial charge in [-0.1, -0.05) is 6.07 Å². The maximum absolute atomic E-state index is 13.0.